The van der Waals surface area contributed by atoms with E-state index in [1.54, 1.807) is 0 Å². The number of hydrogen-bond acceptors (Lipinski definition) is 5. The molecule has 7 heteroatoms. The molecule has 2 aromatic heterocycles. The van der Waals surface area contributed by atoms with Gasteiger partial charge in [0, 0.05) is 30.3 Å². The number of benzene rings is 3. The van der Waals surface area contributed by atoms with E-state index < -0.39 is 0 Å². The van der Waals surface area contributed by atoms with E-state index in [1.807, 2.05) is 72.8 Å². The van der Waals surface area contributed by atoms with Crippen molar-refractivity contribution in [2.45, 2.75) is 12.8 Å². The van der Waals surface area contributed by atoms with Gasteiger partial charge in [0.2, 0.25) is 5.91 Å². The molecular weight excluding hydrogens is 414 g/mol. The molecule has 1 aliphatic rings. The maximum Gasteiger partial charge on any atom is 0.298 e. The Labute approximate surface area is 190 Å². The zero-order chi connectivity index (χ0) is 22.2. The van der Waals surface area contributed by atoms with Crippen LogP contribution < -0.4 is 10.2 Å². The second kappa shape index (κ2) is 8.09. The van der Waals surface area contributed by atoms with Gasteiger partial charge in [-0.15, -0.1) is 0 Å². The fourth-order valence-electron chi connectivity index (χ4n) is 4.37. The van der Waals surface area contributed by atoms with Gasteiger partial charge in [-0.3, -0.25) is 4.79 Å². The maximum absolute atomic E-state index is 12.8. The molecule has 1 fully saturated rings. The van der Waals surface area contributed by atoms with Gasteiger partial charge in [0.05, 0.1) is 11.0 Å². The summed E-state index contributed by atoms with van der Waals surface area (Å²) in [6.45, 7) is 1.49. The van der Waals surface area contributed by atoms with Crippen LogP contribution in [0.25, 0.3) is 33.5 Å². The highest BCUT2D eigenvalue weighted by atomic mass is 16.4. The largest absolute Gasteiger partial charge is 0.423 e. The quantitative estimate of drug-likeness (QED) is 0.402. The first kappa shape index (κ1) is 19.5. The number of nitrogens with zero attached hydrogens (tertiary/aromatic N) is 3. The molecule has 1 aliphatic heterocycles. The topological polar surface area (TPSA) is 87.0 Å². The fraction of sp³-hybridized carbons (Fsp3) is 0.192. The van der Waals surface area contributed by atoms with Crippen LogP contribution in [0, 0.1) is 5.92 Å². The Kier molecular flexibility index (Phi) is 4.79. The van der Waals surface area contributed by atoms with Gasteiger partial charge in [0.15, 0.2) is 5.58 Å². The number of imidazole rings is 1. The predicted octanol–water partition coefficient (Wildman–Crippen LogP) is 5.23. The van der Waals surface area contributed by atoms with Crippen LogP contribution in [0.3, 0.4) is 0 Å². The number of oxazole rings is 1. The first-order valence-electron chi connectivity index (χ1n) is 11.2. The van der Waals surface area contributed by atoms with Crippen LogP contribution in [-0.4, -0.2) is 33.9 Å². The predicted molar refractivity (Wildman–Crippen MR) is 129 cm³/mol. The minimum Gasteiger partial charge on any atom is -0.423 e. The zero-order valence-corrected chi connectivity index (χ0v) is 18.0. The summed E-state index contributed by atoms with van der Waals surface area (Å²) < 4.78 is 5.87. The van der Waals surface area contributed by atoms with E-state index in [1.165, 1.54) is 0 Å². The number of hydrogen-bond donors (Lipinski definition) is 2. The molecule has 0 aliphatic carbocycles. The van der Waals surface area contributed by atoms with E-state index in [9.17, 15) is 4.79 Å². The molecule has 1 saturated heterocycles. The highest BCUT2D eigenvalue weighted by Crippen LogP contribution is 2.27. The number of carbonyl (C=O) groups excluding carboxylic acids is 1. The van der Waals surface area contributed by atoms with Crippen molar-refractivity contribution in [2.24, 2.45) is 5.92 Å². The number of nitrogens with one attached hydrogen (secondary N) is 2. The van der Waals surface area contributed by atoms with Crippen LogP contribution in [0.4, 0.5) is 11.7 Å². The van der Waals surface area contributed by atoms with Crippen molar-refractivity contribution >= 4 is 39.7 Å². The number of rotatable bonds is 4. The number of amides is 1. The maximum atomic E-state index is 12.8. The minimum atomic E-state index is -0.0272. The second-order valence-electron chi connectivity index (χ2n) is 8.39. The lowest BCUT2D eigenvalue weighted by atomic mass is 9.96. The van der Waals surface area contributed by atoms with Crippen LogP contribution >= 0.6 is 0 Å². The van der Waals surface area contributed by atoms with Crippen molar-refractivity contribution in [2.75, 3.05) is 23.3 Å². The smallest absolute Gasteiger partial charge is 0.298 e. The highest BCUT2D eigenvalue weighted by molar-refractivity contribution is 5.93. The standard InChI is InChI=1S/C26H23N5O2/c32-25(18-13-15-31(16-14-18)26-30-22-7-3-4-8-23(22)33-26)27-19-11-9-17(10-12-19)24-28-20-5-1-2-6-21(20)29-24/h1-12,18H,13-16H2,(H,27,32)(H,28,29). The average Bonchev–Trinajstić information content (AvgIpc) is 3.49. The number of aromatic nitrogens is 3. The third kappa shape index (κ3) is 3.82. The van der Waals surface area contributed by atoms with Crippen molar-refractivity contribution in [3.05, 3.63) is 72.8 Å². The van der Waals surface area contributed by atoms with E-state index in [-0.39, 0.29) is 11.8 Å². The lowest BCUT2D eigenvalue weighted by Crippen LogP contribution is -2.38. The molecule has 0 spiro atoms. The normalized spacial score (nSPS) is 14.7. The Bertz CT molecular complexity index is 1360. The molecule has 33 heavy (non-hydrogen) atoms. The number of H-pyrrole nitrogens is 1. The molecule has 164 valence electrons. The van der Waals surface area contributed by atoms with Gasteiger partial charge in [-0.2, -0.15) is 4.98 Å². The average molecular weight is 438 g/mol. The van der Waals surface area contributed by atoms with Gasteiger partial charge in [-0.1, -0.05) is 24.3 Å². The van der Waals surface area contributed by atoms with Gasteiger partial charge < -0.3 is 19.6 Å². The third-order valence-corrected chi connectivity index (χ3v) is 6.23. The molecule has 6 rings (SSSR count). The molecule has 3 heterocycles. The summed E-state index contributed by atoms with van der Waals surface area (Å²) >= 11 is 0. The SMILES string of the molecule is O=C(Nc1ccc(-c2nc3ccccc3[nH]2)cc1)C1CCN(c2nc3ccccc3o2)CC1. The monoisotopic (exact) mass is 437 g/mol. The van der Waals surface area contributed by atoms with Crippen molar-refractivity contribution in [1.82, 2.24) is 15.0 Å². The third-order valence-electron chi connectivity index (χ3n) is 6.23. The van der Waals surface area contributed by atoms with Crippen LogP contribution in [0.2, 0.25) is 0 Å². The van der Waals surface area contributed by atoms with Gasteiger partial charge in [-0.25, -0.2) is 4.98 Å². The van der Waals surface area contributed by atoms with E-state index in [2.05, 4.69) is 25.2 Å². The van der Waals surface area contributed by atoms with E-state index >= 15 is 0 Å². The summed E-state index contributed by atoms with van der Waals surface area (Å²) in [6.07, 6.45) is 1.53. The lowest BCUT2D eigenvalue weighted by molar-refractivity contribution is -0.120. The molecule has 0 saturated carbocycles. The highest BCUT2D eigenvalue weighted by Gasteiger charge is 2.27. The Morgan fingerprint density at radius 1 is 0.909 bits per heavy atom. The Hall–Kier alpha value is -4.13. The zero-order valence-electron chi connectivity index (χ0n) is 18.0. The summed E-state index contributed by atoms with van der Waals surface area (Å²) in [6, 6.07) is 24.2. The lowest BCUT2D eigenvalue weighted by Gasteiger charge is -2.30. The van der Waals surface area contributed by atoms with Crippen molar-refractivity contribution in [1.29, 1.82) is 0 Å². The molecule has 3 aromatic carbocycles. The van der Waals surface area contributed by atoms with Gasteiger partial charge in [0.25, 0.3) is 6.01 Å². The summed E-state index contributed by atoms with van der Waals surface area (Å²) in [5.41, 5.74) is 5.37. The molecule has 2 N–H and O–H groups in total. The van der Waals surface area contributed by atoms with E-state index in [4.69, 9.17) is 4.42 Å². The molecule has 0 unspecified atom stereocenters. The minimum absolute atomic E-state index is 0.0272. The van der Waals surface area contributed by atoms with E-state index in [0.717, 1.165) is 65.1 Å². The Morgan fingerprint density at radius 2 is 1.64 bits per heavy atom. The first-order chi connectivity index (χ1) is 16.2. The summed E-state index contributed by atoms with van der Waals surface area (Å²) in [7, 11) is 0. The number of aromatic amines is 1. The van der Waals surface area contributed by atoms with Crippen LogP contribution in [0.15, 0.2) is 77.2 Å². The van der Waals surface area contributed by atoms with E-state index in [0.29, 0.717) is 6.01 Å². The number of carbonyl (C=O) groups is 1. The van der Waals surface area contributed by atoms with Crippen LogP contribution in [0.1, 0.15) is 12.8 Å². The van der Waals surface area contributed by atoms with Crippen molar-refractivity contribution < 1.29 is 9.21 Å². The molecule has 0 radical (unpaired) electrons. The molecular formula is C26H23N5O2. The van der Waals surface area contributed by atoms with Gasteiger partial charge in [-0.05, 0) is 61.4 Å². The first-order valence-corrected chi connectivity index (χ1v) is 11.2. The van der Waals surface area contributed by atoms with Crippen molar-refractivity contribution in [3.8, 4) is 11.4 Å². The van der Waals surface area contributed by atoms with Crippen molar-refractivity contribution in [3.63, 3.8) is 0 Å². The number of para-hydroxylation sites is 4. The summed E-state index contributed by atoms with van der Waals surface area (Å²) in [5.74, 6) is 0.852. The second-order valence-corrected chi connectivity index (χ2v) is 8.39. The number of piperidine rings is 1. The molecule has 0 bridgehead atoms. The Balaban J connectivity index is 1.08. The van der Waals surface area contributed by atoms with Crippen LogP contribution in [-0.2, 0) is 4.79 Å². The van der Waals surface area contributed by atoms with Gasteiger partial charge >= 0.3 is 0 Å². The summed E-state index contributed by atoms with van der Waals surface area (Å²) in [4.78, 5) is 27.5. The van der Waals surface area contributed by atoms with Gasteiger partial charge in [0.1, 0.15) is 11.3 Å². The Morgan fingerprint density at radius 3 is 2.39 bits per heavy atom. The summed E-state index contributed by atoms with van der Waals surface area (Å²) in [5, 5.41) is 3.07. The molecule has 7 nitrogen and oxygen atoms in total. The molecule has 1 amide bonds. The number of fused-ring (bicyclic) bond motifs is 2. The fourth-order valence-corrected chi connectivity index (χ4v) is 4.37. The van der Waals surface area contributed by atoms with Crippen LogP contribution in [0.5, 0.6) is 0 Å². The number of anilines is 2. The molecule has 5 aromatic rings. The molecule has 0 atom stereocenters.